The lowest BCUT2D eigenvalue weighted by Gasteiger charge is -2.40. The molecule has 0 saturated heterocycles. The molecule has 5 unspecified atom stereocenters. The summed E-state index contributed by atoms with van der Waals surface area (Å²) >= 11 is 0. The van der Waals surface area contributed by atoms with Crippen LogP contribution in [-0.2, 0) is 11.0 Å². The minimum absolute atomic E-state index is 0.0120. The van der Waals surface area contributed by atoms with Gasteiger partial charge >= 0.3 is 6.18 Å². The molecule has 36 heavy (non-hydrogen) atoms. The molecule has 4 aliphatic carbocycles. The van der Waals surface area contributed by atoms with Crippen LogP contribution in [0.15, 0.2) is 53.8 Å². The number of alkyl halides is 3. The first-order valence-corrected chi connectivity index (χ1v) is 12.9. The molecule has 4 nitrogen and oxygen atoms in total. The minimum atomic E-state index is -4.42. The van der Waals surface area contributed by atoms with Crippen molar-refractivity contribution in [2.75, 3.05) is 0 Å². The van der Waals surface area contributed by atoms with E-state index in [1.54, 1.807) is 16.9 Å². The second-order valence-electron chi connectivity index (χ2n) is 12.2. The van der Waals surface area contributed by atoms with Crippen LogP contribution in [0.2, 0.25) is 0 Å². The van der Waals surface area contributed by atoms with Crippen LogP contribution < -0.4 is 0 Å². The maximum Gasteiger partial charge on any atom is 0.416 e. The van der Waals surface area contributed by atoms with Gasteiger partial charge in [-0.15, -0.1) is 5.10 Å². The second-order valence-corrected chi connectivity index (χ2v) is 12.2. The van der Waals surface area contributed by atoms with Crippen molar-refractivity contribution in [3.05, 3.63) is 59.3 Å². The van der Waals surface area contributed by atoms with Crippen molar-refractivity contribution >= 4 is 5.78 Å². The zero-order chi connectivity index (χ0) is 25.8. The molecule has 6 rings (SSSR count). The number of hydrogen-bond donors (Lipinski definition) is 0. The Hall–Kier alpha value is -2.70. The van der Waals surface area contributed by atoms with Gasteiger partial charge in [0.05, 0.1) is 23.2 Å². The molecular weight excluding hydrogens is 463 g/mol. The Morgan fingerprint density at radius 3 is 2.61 bits per heavy atom. The predicted molar refractivity (Wildman–Crippen MR) is 131 cm³/mol. The van der Waals surface area contributed by atoms with Crippen LogP contribution in [0.5, 0.6) is 0 Å². The molecule has 7 heteroatoms. The number of fused-ring (bicyclic) bond motifs is 3. The first kappa shape index (κ1) is 23.7. The molecule has 0 N–H and O–H groups in total. The third-order valence-corrected chi connectivity index (χ3v) is 9.89. The van der Waals surface area contributed by atoms with Crippen LogP contribution in [0.25, 0.3) is 11.3 Å². The first-order chi connectivity index (χ1) is 16.9. The van der Waals surface area contributed by atoms with Gasteiger partial charge < -0.3 is 0 Å². The van der Waals surface area contributed by atoms with Crippen molar-refractivity contribution in [3.8, 4) is 11.3 Å². The maximum atomic E-state index is 14.4. The Balaban J connectivity index is 1.40. The van der Waals surface area contributed by atoms with Gasteiger partial charge in [-0.2, -0.15) is 13.2 Å². The van der Waals surface area contributed by atoms with Gasteiger partial charge in [0, 0.05) is 17.4 Å². The summed E-state index contributed by atoms with van der Waals surface area (Å²) in [6, 6.07) is 5.03. The summed E-state index contributed by atoms with van der Waals surface area (Å²) < 4.78 is 41.6. The topological polar surface area (TPSA) is 47.8 Å². The number of nitrogens with zero attached hydrogens (tertiary/aromatic N) is 3. The Bertz CT molecular complexity index is 1320. The number of Topliss-reactive ketones (excluding diaryl/α,β-unsaturated/α-hetero) is 1. The summed E-state index contributed by atoms with van der Waals surface area (Å²) in [6.07, 6.45) is 3.61. The third kappa shape index (κ3) is 3.16. The Morgan fingerprint density at radius 2 is 1.89 bits per heavy atom. The number of benzene rings is 1. The van der Waals surface area contributed by atoms with Crippen molar-refractivity contribution in [3.63, 3.8) is 0 Å². The highest BCUT2D eigenvalue weighted by Crippen LogP contribution is 2.71. The van der Waals surface area contributed by atoms with Crippen LogP contribution >= 0.6 is 0 Å². The van der Waals surface area contributed by atoms with Gasteiger partial charge in [-0.05, 0) is 62.0 Å². The molecule has 2 saturated carbocycles. The molecular formula is C29H32F3N3O. The molecule has 2 bridgehead atoms. The van der Waals surface area contributed by atoms with Crippen molar-refractivity contribution in [2.24, 2.45) is 40.4 Å². The molecule has 1 spiro atoms. The quantitative estimate of drug-likeness (QED) is 0.425. The van der Waals surface area contributed by atoms with Crippen LogP contribution in [-0.4, -0.2) is 20.8 Å². The summed E-state index contributed by atoms with van der Waals surface area (Å²) in [5, 5.41) is 8.66. The third-order valence-electron chi connectivity index (χ3n) is 9.89. The first-order valence-electron chi connectivity index (χ1n) is 12.9. The molecule has 1 aromatic heterocycles. The number of carbonyl (C=O) groups is 1. The molecule has 1 heterocycles. The fourth-order valence-electron chi connectivity index (χ4n) is 8.10. The molecule has 2 fully saturated rings. The fourth-order valence-corrected chi connectivity index (χ4v) is 8.10. The van der Waals surface area contributed by atoms with E-state index in [0.29, 0.717) is 28.9 Å². The monoisotopic (exact) mass is 495 g/mol. The predicted octanol–water partition coefficient (Wildman–Crippen LogP) is 6.91. The standard InChI is InChI=1S/C29H32F3N3O/c1-15-9-20-24-21(27(24,4)5)11-17(3)28(26(20)36)13-16(2)25(22(28)10-15)35-14-23(33-34-35)18-7-6-8-19(12-18)29(30,31)32/h6-9,12-14,17,20-22,24-25H,10-11H2,1-5H3/t17-,20?,21?,22?,24+,25?,28?/m1/s1. The van der Waals surface area contributed by atoms with Crippen LogP contribution in [0.1, 0.15) is 59.1 Å². The summed E-state index contributed by atoms with van der Waals surface area (Å²) in [4.78, 5) is 14.4. The number of ketones is 1. The zero-order valence-electron chi connectivity index (χ0n) is 21.3. The van der Waals surface area contributed by atoms with E-state index in [-0.39, 0.29) is 29.2 Å². The lowest BCUT2D eigenvalue weighted by atomic mass is 9.62. The normalized spacial score (nSPS) is 36.8. The van der Waals surface area contributed by atoms with E-state index in [2.05, 4.69) is 57.1 Å². The molecule has 0 amide bonds. The molecule has 7 atom stereocenters. The van der Waals surface area contributed by atoms with Crippen molar-refractivity contribution in [1.82, 2.24) is 15.0 Å². The molecule has 2 aromatic rings. The Morgan fingerprint density at radius 1 is 1.14 bits per heavy atom. The van der Waals surface area contributed by atoms with Crippen LogP contribution in [0.4, 0.5) is 13.2 Å². The SMILES string of the molecule is CC1=CC2C(=O)C3(C=C(C)C(n4cc(-c5cccc(C(F)(F)F)c5)nn4)C3C1)[C@H](C)CC1[C@H]2C1(C)C. The maximum absolute atomic E-state index is 14.4. The second kappa shape index (κ2) is 7.42. The van der Waals surface area contributed by atoms with E-state index in [9.17, 15) is 18.0 Å². The fraction of sp³-hybridized carbons (Fsp3) is 0.552. The van der Waals surface area contributed by atoms with E-state index in [4.69, 9.17) is 0 Å². The molecule has 4 aliphatic rings. The smallest absolute Gasteiger partial charge is 0.298 e. The van der Waals surface area contributed by atoms with E-state index >= 15 is 0 Å². The number of rotatable bonds is 2. The Labute approximate surface area is 209 Å². The number of halogens is 3. The average molecular weight is 496 g/mol. The van der Waals surface area contributed by atoms with Crippen molar-refractivity contribution in [2.45, 2.75) is 59.7 Å². The van der Waals surface area contributed by atoms with Gasteiger partial charge in [0.25, 0.3) is 0 Å². The van der Waals surface area contributed by atoms with Gasteiger partial charge in [0.1, 0.15) is 5.69 Å². The van der Waals surface area contributed by atoms with Gasteiger partial charge in [-0.25, -0.2) is 4.68 Å². The minimum Gasteiger partial charge on any atom is -0.298 e. The summed E-state index contributed by atoms with van der Waals surface area (Å²) in [7, 11) is 0. The zero-order valence-corrected chi connectivity index (χ0v) is 21.3. The van der Waals surface area contributed by atoms with Crippen molar-refractivity contribution in [1.29, 1.82) is 0 Å². The van der Waals surface area contributed by atoms with Gasteiger partial charge in [-0.1, -0.05) is 61.4 Å². The van der Waals surface area contributed by atoms with E-state index in [1.807, 2.05) is 0 Å². The lowest BCUT2D eigenvalue weighted by Crippen LogP contribution is -2.44. The average Bonchev–Trinajstić information content (AvgIpc) is 3.11. The lowest BCUT2D eigenvalue weighted by molar-refractivity contribution is -0.137. The highest BCUT2D eigenvalue weighted by molar-refractivity contribution is 5.93. The number of allylic oxidation sites excluding steroid dienone is 4. The van der Waals surface area contributed by atoms with Gasteiger partial charge in [0.2, 0.25) is 0 Å². The van der Waals surface area contributed by atoms with Crippen molar-refractivity contribution < 1.29 is 18.0 Å². The molecule has 0 radical (unpaired) electrons. The molecule has 190 valence electrons. The van der Waals surface area contributed by atoms with E-state index < -0.39 is 17.2 Å². The number of hydrogen-bond acceptors (Lipinski definition) is 3. The highest BCUT2D eigenvalue weighted by Gasteiger charge is 2.69. The van der Waals surface area contributed by atoms with E-state index in [1.165, 1.54) is 11.6 Å². The molecule has 1 aromatic carbocycles. The number of carbonyl (C=O) groups excluding carboxylic acids is 1. The van der Waals surface area contributed by atoms with Crippen LogP contribution in [0.3, 0.4) is 0 Å². The summed E-state index contributed by atoms with van der Waals surface area (Å²) in [5.74, 6) is 1.45. The highest BCUT2D eigenvalue weighted by atomic mass is 19.4. The Kier molecular flexibility index (Phi) is 4.88. The van der Waals surface area contributed by atoms with Gasteiger partial charge in [0.15, 0.2) is 5.78 Å². The van der Waals surface area contributed by atoms with E-state index in [0.717, 1.165) is 30.5 Å². The summed E-state index contributed by atoms with van der Waals surface area (Å²) in [6.45, 7) is 11.0. The van der Waals surface area contributed by atoms with Crippen LogP contribution in [0, 0.1) is 40.4 Å². The molecule has 0 aliphatic heterocycles. The summed E-state index contributed by atoms with van der Waals surface area (Å²) in [5.41, 5.74) is 2.03. The number of aromatic nitrogens is 3. The van der Waals surface area contributed by atoms with Gasteiger partial charge in [-0.3, -0.25) is 4.79 Å². The largest absolute Gasteiger partial charge is 0.416 e.